The van der Waals surface area contributed by atoms with Crippen LogP contribution in [0.25, 0.3) is 10.2 Å². The van der Waals surface area contributed by atoms with Gasteiger partial charge in [0.2, 0.25) is 6.79 Å². The van der Waals surface area contributed by atoms with Crippen molar-refractivity contribution in [3.63, 3.8) is 0 Å². The molecule has 0 fully saturated rings. The van der Waals surface area contributed by atoms with E-state index in [0.29, 0.717) is 21.8 Å². The first-order chi connectivity index (χ1) is 13.1. The van der Waals surface area contributed by atoms with Crippen molar-refractivity contribution < 1.29 is 27.8 Å². The van der Waals surface area contributed by atoms with Gasteiger partial charge in [-0.05, 0) is 24.3 Å². The summed E-state index contributed by atoms with van der Waals surface area (Å²) in [5.74, 6) is -0.899. The predicted octanol–water partition coefficient (Wildman–Crippen LogP) is 3.10. The lowest BCUT2D eigenvalue weighted by molar-refractivity contribution is 0.0997. The maximum atomic E-state index is 14.3. The lowest BCUT2D eigenvalue weighted by Gasteiger charge is -2.05. The Bertz CT molecular complexity index is 1110. The van der Waals surface area contributed by atoms with Gasteiger partial charge in [0.15, 0.2) is 22.1 Å². The summed E-state index contributed by atoms with van der Waals surface area (Å²) >= 11 is 1.04. The number of halogens is 2. The minimum Gasteiger partial charge on any atom is -0.454 e. The zero-order valence-corrected chi connectivity index (χ0v) is 15.0. The van der Waals surface area contributed by atoms with Gasteiger partial charge in [-0.2, -0.15) is 4.99 Å². The van der Waals surface area contributed by atoms with Crippen LogP contribution in [-0.4, -0.2) is 31.0 Å². The number of nitrogens with zero attached hydrogens (tertiary/aromatic N) is 2. The molecular formula is C18H14F2N2O4S. The summed E-state index contributed by atoms with van der Waals surface area (Å²) in [6, 6.07) is 6.77. The fraction of sp³-hybridized carbons (Fsp3) is 0.222. The quantitative estimate of drug-likeness (QED) is 0.685. The molecule has 140 valence electrons. The zero-order chi connectivity index (χ0) is 19.0. The predicted molar refractivity (Wildman–Crippen MR) is 94.1 cm³/mol. The summed E-state index contributed by atoms with van der Waals surface area (Å²) in [4.78, 5) is 17.0. The van der Waals surface area contributed by atoms with E-state index in [2.05, 4.69) is 4.99 Å². The topological polar surface area (TPSA) is 62.1 Å². The molecule has 1 aliphatic rings. The summed E-state index contributed by atoms with van der Waals surface area (Å²) in [5, 5.41) is 0. The van der Waals surface area contributed by atoms with Crippen LogP contribution in [0.3, 0.4) is 0 Å². The highest BCUT2D eigenvalue weighted by atomic mass is 32.1. The van der Waals surface area contributed by atoms with E-state index in [4.69, 9.17) is 14.2 Å². The Morgan fingerprint density at radius 3 is 2.89 bits per heavy atom. The van der Waals surface area contributed by atoms with Crippen LogP contribution in [0.1, 0.15) is 10.4 Å². The van der Waals surface area contributed by atoms with Gasteiger partial charge in [0.1, 0.15) is 5.82 Å². The number of benzene rings is 2. The molecule has 4 rings (SSSR count). The summed E-state index contributed by atoms with van der Waals surface area (Å²) in [6.07, 6.45) is 0. The fourth-order valence-electron chi connectivity index (χ4n) is 2.79. The molecule has 2 aromatic carbocycles. The number of aromatic nitrogens is 1. The van der Waals surface area contributed by atoms with Crippen LogP contribution in [0.5, 0.6) is 11.5 Å². The van der Waals surface area contributed by atoms with Crippen molar-refractivity contribution in [3.8, 4) is 11.5 Å². The average molecular weight is 392 g/mol. The van der Waals surface area contributed by atoms with Gasteiger partial charge in [0.05, 0.1) is 16.8 Å². The first kappa shape index (κ1) is 17.6. The number of fused-ring (bicyclic) bond motifs is 2. The zero-order valence-electron chi connectivity index (χ0n) is 14.2. The van der Waals surface area contributed by atoms with Crippen LogP contribution in [0, 0.1) is 11.6 Å². The van der Waals surface area contributed by atoms with E-state index in [9.17, 15) is 13.6 Å². The van der Waals surface area contributed by atoms with Crippen molar-refractivity contribution in [1.82, 2.24) is 4.57 Å². The summed E-state index contributed by atoms with van der Waals surface area (Å²) in [5.41, 5.74) is 0.498. The van der Waals surface area contributed by atoms with Gasteiger partial charge in [-0.15, -0.1) is 0 Å². The number of methoxy groups -OCH3 is 1. The second kappa shape index (κ2) is 7.09. The molecule has 0 N–H and O–H groups in total. The molecule has 3 aromatic rings. The number of carbonyl (C=O) groups is 1. The lowest BCUT2D eigenvalue weighted by Crippen LogP contribution is -2.19. The van der Waals surface area contributed by atoms with E-state index in [-0.39, 0.29) is 30.3 Å². The first-order valence-corrected chi connectivity index (χ1v) is 8.84. The Kier molecular flexibility index (Phi) is 4.63. The van der Waals surface area contributed by atoms with Crippen LogP contribution < -0.4 is 14.3 Å². The molecule has 1 aromatic heterocycles. The molecular weight excluding hydrogens is 378 g/mol. The molecule has 0 atom stereocenters. The van der Waals surface area contributed by atoms with Gasteiger partial charge in [-0.25, -0.2) is 8.78 Å². The Hall–Kier alpha value is -2.78. The molecule has 1 amide bonds. The number of hydrogen-bond acceptors (Lipinski definition) is 5. The number of rotatable bonds is 4. The molecule has 2 heterocycles. The van der Waals surface area contributed by atoms with Crippen molar-refractivity contribution in [3.05, 3.63) is 52.3 Å². The van der Waals surface area contributed by atoms with Crippen molar-refractivity contribution in [2.75, 3.05) is 20.5 Å². The summed E-state index contributed by atoms with van der Waals surface area (Å²) < 4.78 is 45.3. The highest BCUT2D eigenvalue weighted by molar-refractivity contribution is 7.16. The first-order valence-electron chi connectivity index (χ1n) is 8.03. The lowest BCUT2D eigenvalue weighted by atomic mass is 10.2. The van der Waals surface area contributed by atoms with Gasteiger partial charge >= 0.3 is 0 Å². The van der Waals surface area contributed by atoms with E-state index in [0.717, 1.165) is 17.4 Å². The number of amides is 1. The van der Waals surface area contributed by atoms with E-state index < -0.39 is 17.5 Å². The third-order valence-corrected chi connectivity index (χ3v) is 5.06. The van der Waals surface area contributed by atoms with E-state index in [1.54, 1.807) is 18.2 Å². The maximum Gasteiger partial charge on any atom is 0.279 e. The molecule has 0 saturated heterocycles. The monoisotopic (exact) mass is 392 g/mol. The summed E-state index contributed by atoms with van der Waals surface area (Å²) in [6.45, 7) is 0.655. The number of ether oxygens (including phenoxy) is 3. The van der Waals surface area contributed by atoms with Crippen LogP contribution in [0.4, 0.5) is 8.78 Å². The Morgan fingerprint density at radius 1 is 1.26 bits per heavy atom. The van der Waals surface area contributed by atoms with Crippen molar-refractivity contribution in [1.29, 1.82) is 0 Å². The van der Waals surface area contributed by atoms with Crippen molar-refractivity contribution in [2.45, 2.75) is 6.54 Å². The average Bonchev–Trinajstić information content (AvgIpc) is 3.23. The molecule has 0 bridgehead atoms. The molecule has 1 aliphatic heterocycles. The molecule has 0 aliphatic carbocycles. The molecule has 0 spiro atoms. The molecule has 6 nitrogen and oxygen atoms in total. The van der Waals surface area contributed by atoms with Gasteiger partial charge in [0, 0.05) is 25.3 Å². The second-order valence-corrected chi connectivity index (χ2v) is 6.76. The number of thiazole rings is 1. The van der Waals surface area contributed by atoms with Gasteiger partial charge in [-0.3, -0.25) is 4.79 Å². The van der Waals surface area contributed by atoms with Gasteiger partial charge in [0.25, 0.3) is 5.91 Å². The third kappa shape index (κ3) is 3.31. The van der Waals surface area contributed by atoms with Crippen LogP contribution >= 0.6 is 11.3 Å². The third-order valence-electron chi connectivity index (χ3n) is 4.03. The molecule has 0 radical (unpaired) electrons. The van der Waals surface area contributed by atoms with E-state index in [1.807, 2.05) is 0 Å². The maximum absolute atomic E-state index is 14.3. The SMILES string of the molecule is COCCn1c(=NC(=O)c2ccc3c(c2)OCO3)sc2cc(F)cc(F)c21. The van der Waals surface area contributed by atoms with Crippen molar-refractivity contribution in [2.24, 2.45) is 4.99 Å². The van der Waals surface area contributed by atoms with Gasteiger partial charge < -0.3 is 18.8 Å². The highest BCUT2D eigenvalue weighted by Crippen LogP contribution is 2.32. The van der Waals surface area contributed by atoms with Gasteiger partial charge in [-0.1, -0.05) is 11.3 Å². The largest absolute Gasteiger partial charge is 0.454 e. The molecule has 0 unspecified atom stereocenters. The Morgan fingerprint density at radius 2 is 2.07 bits per heavy atom. The second-order valence-electron chi connectivity index (χ2n) is 5.75. The van der Waals surface area contributed by atoms with Crippen LogP contribution in [0.2, 0.25) is 0 Å². The Balaban J connectivity index is 1.81. The minimum absolute atomic E-state index is 0.0995. The van der Waals surface area contributed by atoms with Crippen molar-refractivity contribution >= 4 is 27.5 Å². The highest BCUT2D eigenvalue weighted by Gasteiger charge is 2.17. The van der Waals surface area contributed by atoms with Crippen LogP contribution in [0.15, 0.2) is 35.3 Å². The molecule has 0 saturated carbocycles. The Labute approximate surface area is 156 Å². The molecule has 27 heavy (non-hydrogen) atoms. The smallest absolute Gasteiger partial charge is 0.279 e. The van der Waals surface area contributed by atoms with Crippen LogP contribution in [-0.2, 0) is 11.3 Å². The number of hydrogen-bond donors (Lipinski definition) is 0. The number of carbonyl (C=O) groups excluding carboxylic acids is 1. The van der Waals surface area contributed by atoms with E-state index >= 15 is 0 Å². The standard InChI is InChI=1S/C18H14F2N2O4S/c1-24-5-4-22-16-12(20)7-11(19)8-15(16)27-18(22)21-17(23)10-2-3-13-14(6-10)26-9-25-13/h2-3,6-8H,4-5,9H2,1H3. The fourth-order valence-corrected chi connectivity index (χ4v) is 3.88. The summed E-state index contributed by atoms with van der Waals surface area (Å²) in [7, 11) is 1.51. The van der Waals surface area contributed by atoms with E-state index in [1.165, 1.54) is 17.7 Å². The normalized spacial score (nSPS) is 13.5. The minimum atomic E-state index is -0.714. The molecule has 9 heteroatoms.